The van der Waals surface area contributed by atoms with Gasteiger partial charge in [-0.3, -0.25) is 4.99 Å². The maximum absolute atomic E-state index is 13.5. The Morgan fingerprint density at radius 3 is 2.33 bits per heavy atom. The quantitative estimate of drug-likeness (QED) is 0.764. The normalized spacial score (nSPS) is 10.2. The van der Waals surface area contributed by atoms with Crippen LogP contribution in [-0.4, -0.2) is 13.8 Å². The van der Waals surface area contributed by atoms with Crippen molar-refractivity contribution in [3.05, 3.63) is 22.8 Å². The summed E-state index contributed by atoms with van der Waals surface area (Å²) in [6.45, 7) is 6.64. The van der Waals surface area contributed by atoms with Gasteiger partial charge in [0.25, 0.3) is 0 Å². The van der Waals surface area contributed by atoms with Crippen LogP contribution in [0.5, 0.6) is 0 Å². The predicted octanol–water partition coefficient (Wildman–Crippen LogP) is 3.21. The van der Waals surface area contributed by atoms with E-state index in [0.717, 1.165) is 0 Å². The van der Waals surface area contributed by atoms with Gasteiger partial charge in [-0.15, -0.1) is 0 Å². The molecule has 1 rings (SSSR count). The Kier molecular flexibility index (Phi) is 3.39. The summed E-state index contributed by atoms with van der Waals surface area (Å²) in [5.41, 5.74) is 1.39. The van der Waals surface area contributed by atoms with Crippen molar-refractivity contribution in [3.63, 3.8) is 0 Å². The number of aliphatic imine (C=N–C) groups is 1. The molecule has 0 amide bonds. The van der Waals surface area contributed by atoms with Crippen LogP contribution in [0.25, 0.3) is 0 Å². The smallest absolute Gasteiger partial charge is 0.164 e. The number of nitrogens with one attached hydrogen (secondary N) is 1. The number of benzene rings is 1. The van der Waals surface area contributed by atoms with Gasteiger partial charge in [0.15, 0.2) is 11.6 Å². The van der Waals surface area contributed by atoms with Crippen molar-refractivity contribution in [2.75, 3.05) is 12.4 Å². The predicted molar refractivity (Wildman–Crippen MR) is 59.2 cm³/mol. The Bertz CT molecular complexity index is 369. The van der Waals surface area contributed by atoms with E-state index in [4.69, 9.17) is 0 Å². The summed E-state index contributed by atoms with van der Waals surface area (Å²) in [6, 6.07) is 0. The van der Waals surface area contributed by atoms with Gasteiger partial charge in [0, 0.05) is 18.2 Å². The average Bonchev–Trinajstić information content (AvgIpc) is 2.25. The lowest BCUT2D eigenvalue weighted by Crippen LogP contribution is -2.03. The molecule has 0 saturated carbocycles. The fourth-order valence-electron chi connectivity index (χ4n) is 1.64. The highest BCUT2D eigenvalue weighted by molar-refractivity contribution is 5.75. The highest BCUT2D eigenvalue weighted by Crippen LogP contribution is 2.36. The molecular weight excluding hydrogens is 198 g/mol. The standard InChI is InChI=1S/C11H14F2N2/c1-5-7-9(13)8(12)6(2)10(14-3)11(7)15-4/h14H,4-5H2,1-3H3. The topological polar surface area (TPSA) is 24.4 Å². The van der Waals surface area contributed by atoms with Crippen molar-refractivity contribution in [2.24, 2.45) is 4.99 Å². The van der Waals surface area contributed by atoms with E-state index < -0.39 is 11.6 Å². The van der Waals surface area contributed by atoms with Crippen LogP contribution in [0.4, 0.5) is 20.2 Å². The summed E-state index contributed by atoms with van der Waals surface area (Å²) in [6.07, 6.45) is 0.381. The second kappa shape index (κ2) is 4.38. The van der Waals surface area contributed by atoms with Gasteiger partial charge in [-0.2, -0.15) is 0 Å². The highest BCUT2D eigenvalue weighted by atomic mass is 19.2. The fraction of sp³-hybridized carbons (Fsp3) is 0.364. The zero-order chi connectivity index (χ0) is 11.6. The van der Waals surface area contributed by atoms with Gasteiger partial charge in [-0.25, -0.2) is 8.78 Å². The second-order valence-corrected chi connectivity index (χ2v) is 3.22. The maximum Gasteiger partial charge on any atom is 0.164 e. The van der Waals surface area contributed by atoms with Crippen LogP contribution in [0.1, 0.15) is 18.1 Å². The average molecular weight is 212 g/mol. The van der Waals surface area contributed by atoms with E-state index in [1.807, 2.05) is 0 Å². The number of halogens is 2. The SMILES string of the molecule is C=Nc1c(CC)c(F)c(F)c(C)c1NC. The van der Waals surface area contributed by atoms with Crippen molar-refractivity contribution < 1.29 is 8.78 Å². The van der Waals surface area contributed by atoms with E-state index in [-0.39, 0.29) is 11.1 Å². The van der Waals surface area contributed by atoms with Crippen molar-refractivity contribution in [1.82, 2.24) is 0 Å². The summed E-state index contributed by atoms with van der Waals surface area (Å²) in [5.74, 6) is -1.64. The second-order valence-electron chi connectivity index (χ2n) is 3.22. The Hall–Kier alpha value is -1.45. The molecule has 1 N–H and O–H groups in total. The molecule has 1 aromatic carbocycles. The molecule has 0 bridgehead atoms. The number of anilines is 1. The molecule has 15 heavy (non-hydrogen) atoms. The molecule has 2 nitrogen and oxygen atoms in total. The lowest BCUT2D eigenvalue weighted by atomic mass is 10.0. The Balaban J connectivity index is 3.66. The first-order chi connectivity index (χ1) is 7.08. The molecule has 0 unspecified atom stereocenters. The van der Waals surface area contributed by atoms with Gasteiger partial charge < -0.3 is 5.32 Å². The summed E-state index contributed by atoms with van der Waals surface area (Å²) in [5, 5.41) is 2.82. The summed E-state index contributed by atoms with van der Waals surface area (Å²) < 4.78 is 27.0. The first-order valence-corrected chi connectivity index (χ1v) is 4.73. The zero-order valence-corrected chi connectivity index (χ0v) is 9.12. The molecule has 0 fully saturated rings. The molecule has 82 valence electrons. The number of hydrogen-bond acceptors (Lipinski definition) is 2. The third-order valence-corrected chi connectivity index (χ3v) is 2.45. The first kappa shape index (κ1) is 11.6. The Morgan fingerprint density at radius 2 is 1.93 bits per heavy atom. The summed E-state index contributed by atoms with van der Waals surface area (Å²) in [7, 11) is 1.65. The van der Waals surface area contributed by atoms with Gasteiger partial charge in [0.05, 0.1) is 11.4 Å². The number of hydrogen-bond donors (Lipinski definition) is 1. The third kappa shape index (κ3) is 1.71. The molecule has 0 saturated heterocycles. The van der Waals surface area contributed by atoms with Crippen LogP contribution in [0, 0.1) is 18.6 Å². The van der Waals surface area contributed by atoms with Crippen molar-refractivity contribution >= 4 is 18.1 Å². The maximum atomic E-state index is 13.5. The van der Waals surface area contributed by atoms with Gasteiger partial charge in [-0.1, -0.05) is 6.92 Å². The van der Waals surface area contributed by atoms with Gasteiger partial charge in [-0.05, 0) is 20.1 Å². The minimum atomic E-state index is -0.823. The zero-order valence-electron chi connectivity index (χ0n) is 9.12. The molecule has 0 aliphatic carbocycles. The van der Waals surface area contributed by atoms with Crippen LogP contribution in [0.3, 0.4) is 0 Å². The number of rotatable bonds is 3. The monoisotopic (exact) mass is 212 g/mol. The van der Waals surface area contributed by atoms with E-state index in [1.54, 1.807) is 14.0 Å². The summed E-state index contributed by atoms with van der Waals surface area (Å²) >= 11 is 0. The largest absolute Gasteiger partial charge is 0.386 e. The molecule has 0 aliphatic heterocycles. The first-order valence-electron chi connectivity index (χ1n) is 4.73. The molecule has 0 aliphatic rings. The number of nitrogens with zero attached hydrogens (tertiary/aromatic N) is 1. The van der Waals surface area contributed by atoms with Gasteiger partial charge in [0.2, 0.25) is 0 Å². The third-order valence-electron chi connectivity index (χ3n) is 2.45. The Morgan fingerprint density at radius 1 is 1.33 bits per heavy atom. The highest BCUT2D eigenvalue weighted by Gasteiger charge is 2.19. The van der Waals surface area contributed by atoms with Gasteiger partial charge >= 0.3 is 0 Å². The van der Waals surface area contributed by atoms with E-state index in [9.17, 15) is 8.78 Å². The van der Waals surface area contributed by atoms with Crippen LogP contribution in [-0.2, 0) is 6.42 Å². The van der Waals surface area contributed by atoms with Crippen LogP contribution >= 0.6 is 0 Å². The summed E-state index contributed by atoms with van der Waals surface area (Å²) in [4.78, 5) is 3.76. The van der Waals surface area contributed by atoms with Crippen molar-refractivity contribution in [2.45, 2.75) is 20.3 Å². The Labute approximate surface area is 88.0 Å². The molecule has 0 radical (unpaired) electrons. The molecule has 1 aromatic rings. The lowest BCUT2D eigenvalue weighted by molar-refractivity contribution is 0.495. The molecule has 0 aromatic heterocycles. The van der Waals surface area contributed by atoms with E-state index in [2.05, 4.69) is 17.0 Å². The fourth-order valence-corrected chi connectivity index (χ4v) is 1.64. The molecular formula is C11H14F2N2. The van der Waals surface area contributed by atoms with Crippen LogP contribution < -0.4 is 5.32 Å². The van der Waals surface area contributed by atoms with E-state index in [1.165, 1.54) is 6.92 Å². The van der Waals surface area contributed by atoms with Crippen molar-refractivity contribution in [1.29, 1.82) is 0 Å². The molecule has 0 atom stereocenters. The van der Waals surface area contributed by atoms with Crippen LogP contribution in [0.2, 0.25) is 0 Å². The van der Waals surface area contributed by atoms with Crippen molar-refractivity contribution in [3.8, 4) is 0 Å². The minimum Gasteiger partial charge on any atom is -0.386 e. The van der Waals surface area contributed by atoms with E-state index in [0.29, 0.717) is 17.8 Å². The van der Waals surface area contributed by atoms with Crippen LogP contribution in [0.15, 0.2) is 4.99 Å². The molecule has 0 spiro atoms. The van der Waals surface area contributed by atoms with Gasteiger partial charge in [0.1, 0.15) is 0 Å². The van der Waals surface area contributed by atoms with E-state index >= 15 is 0 Å². The lowest BCUT2D eigenvalue weighted by Gasteiger charge is -2.14. The molecule has 4 heteroatoms. The minimum absolute atomic E-state index is 0.231. The molecule has 0 heterocycles.